The molecule has 0 saturated carbocycles. The monoisotopic (exact) mass is 315 g/mol. The highest BCUT2D eigenvalue weighted by molar-refractivity contribution is 5.90. The van der Waals surface area contributed by atoms with Crippen molar-refractivity contribution in [1.82, 2.24) is 0 Å². The molecule has 3 N–H and O–H groups in total. The SMILES string of the molecule is COc1ccc(CC(=O)C(O)(CN)c2ccccc2)cc1OC. The summed E-state index contributed by atoms with van der Waals surface area (Å²) in [5.41, 5.74) is 5.19. The van der Waals surface area contributed by atoms with Gasteiger partial charge in [-0.25, -0.2) is 0 Å². The largest absolute Gasteiger partial charge is 0.493 e. The van der Waals surface area contributed by atoms with E-state index in [2.05, 4.69) is 0 Å². The van der Waals surface area contributed by atoms with Crippen molar-refractivity contribution in [3.8, 4) is 11.5 Å². The minimum atomic E-state index is -1.70. The van der Waals surface area contributed by atoms with E-state index >= 15 is 0 Å². The molecule has 0 bridgehead atoms. The molecule has 0 aliphatic carbocycles. The van der Waals surface area contributed by atoms with E-state index in [4.69, 9.17) is 15.2 Å². The summed E-state index contributed by atoms with van der Waals surface area (Å²) in [7, 11) is 3.08. The molecule has 5 nitrogen and oxygen atoms in total. The predicted molar refractivity (Wildman–Crippen MR) is 87.7 cm³/mol. The number of nitrogens with two attached hydrogens (primary N) is 1. The number of ether oxygens (including phenoxy) is 2. The maximum absolute atomic E-state index is 12.6. The molecule has 0 amide bonds. The molecular weight excluding hydrogens is 294 g/mol. The summed E-state index contributed by atoms with van der Waals surface area (Å²) in [5, 5.41) is 10.7. The van der Waals surface area contributed by atoms with Gasteiger partial charge in [0.05, 0.1) is 14.2 Å². The molecule has 1 unspecified atom stereocenters. The molecule has 0 spiro atoms. The highest BCUT2D eigenvalue weighted by atomic mass is 16.5. The molecule has 0 radical (unpaired) electrons. The molecule has 0 saturated heterocycles. The zero-order chi connectivity index (χ0) is 16.9. The van der Waals surface area contributed by atoms with Crippen LogP contribution < -0.4 is 15.2 Å². The zero-order valence-corrected chi connectivity index (χ0v) is 13.3. The standard InChI is InChI=1S/C18H21NO4/c1-22-15-9-8-13(10-16(15)23-2)11-17(20)18(21,12-19)14-6-4-3-5-7-14/h3-10,21H,11-12,19H2,1-2H3. The Morgan fingerprint density at radius 2 is 1.74 bits per heavy atom. The van der Waals surface area contributed by atoms with Gasteiger partial charge in [-0.15, -0.1) is 0 Å². The van der Waals surface area contributed by atoms with Crippen molar-refractivity contribution in [3.05, 3.63) is 59.7 Å². The van der Waals surface area contributed by atoms with E-state index in [0.29, 0.717) is 17.1 Å². The van der Waals surface area contributed by atoms with Crippen molar-refractivity contribution in [2.45, 2.75) is 12.0 Å². The lowest BCUT2D eigenvalue weighted by molar-refractivity contribution is -0.136. The Morgan fingerprint density at radius 3 is 2.30 bits per heavy atom. The van der Waals surface area contributed by atoms with Gasteiger partial charge in [0.2, 0.25) is 0 Å². The van der Waals surface area contributed by atoms with Gasteiger partial charge >= 0.3 is 0 Å². The van der Waals surface area contributed by atoms with Crippen LogP contribution >= 0.6 is 0 Å². The second kappa shape index (κ2) is 7.26. The quantitative estimate of drug-likeness (QED) is 0.812. The normalized spacial score (nSPS) is 13.2. The summed E-state index contributed by atoms with van der Waals surface area (Å²) in [6.07, 6.45) is 0.0446. The number of hydrogen-bond donors (Lipinski definition) is 2. The summed E-state index contributed by atoms with van der Waals surface area (Å²) in [5.74, 6) is 0.757. The lowest BCUT2D eigenvalue weighted by Crippen LogP contribution is -2.43. The van der Waals surface area contributed by atoms with Crippen LogP contribution in [0.4, 0.5) is 0 Å². The van der Waals surface area contributed by atoms with E-state index in [1.165, 1.54) is 7.11 Å². The molecule has 2 aromatic carbocycles. The number of benzene rings is 2. The molecule has 0 aliphatic heterocycles. The van der Waals surface area contributed by atoms with Gasteiger partial charge in [0.1, 0.15) is 0 Å². The highest BCUT2D eigenvalue weighted by Crippen LogP contribution is 2.29. The molecule has 2 aromatic rings. The first kappa shape index (κ1) is 17.0. The summed E-state index contributed by atoms with van der Waals surface area (Å²) < 4.78 is 10.4. The Bertz CT molecular complexity index is 672. The molecule has 0 heterocycles. The third-order valence-electron chi connectivity index (χ3n) is 3.82. The number of hydrogen-bond acceptors (Lipinski definition) is 5. The van der Waals surface area contributed by atoms with Crippen molar-refractivity contribution < 1.29 is 19.4 Å². The van der Waals surface area contributed by atoms with Crippen LogP contribution in [0.15, 0.2) is 48.5 Å². The number of methoxy groups -OCH3 is 2. The molecule has 2 rings (SSSR count). The number of Topliss-reactive ketones (excluding diaryl/α,β-unsaturated/α-hetero) is 1. The van der Waals surface area contributed by atoms with Gasteiger partial charge in [0.25, 0.3) is 0 Å². The van der Waals surface area contributed by atoms with E-state index < -0.39 is 5.60 Å². The number of ketones is 1. The lowest BCUT2D eigenvalue weighted by Gasteiger charge is -2.25. The molecular formula is C18H21NO4. The minimum Gasteiger partial charge on any atom is -0.493 e. The Balaban J connectivity index is 2.27. The highest BCUT2D eigenvalue weighted by Gasteiger charge is 2.35. The smallest absolute Gasteiger partial charge is 0.174 e. The fourth-order valence-electron chi connectivity index (χ4n) is 2.43. The zero-order valence-electron chi connectivity index (χ0n) is 13.3. The molecule has 5 heteroatoms. The Hall–Kier alpha value is -2.37. The molecule has 1 atom stereocenters. The minimum absolute atomic E-state index is 0.0446. The van der Waals surface area contributed by atoms with Crippen LogP contribution in [-0.4, -0.2) is 31.7 Å². The van der Waals surface area contributed by atoms with Crippen molar-refractivity contribution >= 4 is 5.78 Å². The fourth-order valence-corrected chi connectivity index (χ4v) is 2.43. The van der Waals surface area contributed by atoms with Gasteiger partial charge in [-0.1, -0.05) is 36.4 Å². The van der Waals surface area contributed by atoms with Crippen molar-refractivity contribution in [1.29, 1.82) is 0 Å². The Labute approximate surface area is 135 Å². The van der Waals surface area contributed by atoms with E-state index in [1.807, 2.05) is 6.07 Å². The van der Waals surface area contributed by atoms with Crippen LogP contribution in [0.25, 0.3) is 0 Å². The average Bonchev–Trinajstić information content (AvgIpc) is 2.61. The van der Waals surface area contributed by atoms with E-state index in [1.54, 1.807) is 49.6 Å². The van der Waals surface area contributed by atoms with Crippen LogP contribution in [-0.2, 0) is 16.8 Å². The summed E-state index contributed by atoms with van der Waals surface area (Å²) in [6, 6.07) is 13.9. The first-order valence-electron chi connectivity index (χ1n) is 7.27. The second-order valence-corrected chi connectivity index (χ2v) is 5.22. The van der Waals surface area contributed by atoms with Gasteiger partial charge in [0.15, 0.2) is 22.9 Å². The van der Waals surface area contributed by atoms with E-state index in [-0.39, 0.29) is 18.7 Å². The van der Waals surface area contributed by atoms with Crippen LogP contribution in [0.2, 0.25) is 0 Å². The second-order valence-electron chi connectivity index (χ2n) is 5.22. The van der Waals surface area contributed by atoms with Gasteiger partial charge in [0, 0.05) is 13.0 Å². The average molecular weight is 315 g/mol. The number of rotatable bonds is 7. The first-order chi connectivity index (χ1) is 11.0. The molecule has 0 aromatic heterocycles. The Kier molecular flexibility index (Phi) is 5.36. The maximum atomic E-state index is 12.6. The van der Waals surface area contributed by atoms with E-state index in [9.17, 15) is 9.90 Å². The number of aliphatic hydroxyl groups is 1. The fraction of sp³-hybridized carbons (Fsp3) is 0.278. The van der Waals surface area contributed by atoms with Crippen molar-refractivity contribution in [3.63, 3.8) is 0 Å². The van der Waals surface area contributed by atoms with Gasteiger partial charge in [-0.3, -0.25) is 4.79 Å². The van der Waals surface area contributed by atoms with Gasteiger partial charge < -0.3 is 20.3 Å². The third kappa shape index (κ3) is 3.52. The topological polar surface area (TPSA) is 81.8 Å². The summed E-state index contributed by atoms with van der Waals surface area (Å²) in [4.78, 5) is 12.6. The molecule has 0 aliphatic rings. The van der Waals surface area contributed by atoms with Crippen LogP contribution in [0.5, 0.6) is 11.5 Å². The van der Waals surface area contributed by atoms with Crippen LogP contribution in [0.3, 0.4) is 0 Å². The summed E-state index contributed by atoms with van der Waals surface area (Å²) in [6.45, 7) is -0.177. The molecule has 23 heavy (non-hydrogen) atoms. The van der Waals surface area contributed by atoms with Crippen LogP contribution in [0, 0.1) is 0 Å². The molecule has 0 fully saturated rings. The van der Waals surface area contributed by atoms with Gasteiger partial charge in [-0.05, 0) is 23.3 Å². The predicted octanol–water partition coefficient (Wildman–Crippen LogP) is 1.66. The van der Waals surface area contributed by atoms with Crippen LogP contribution in [0.1, 0.15) is 11.1 Å². The third-order valence-corrected chi connectivity index (χ3v) is 3.82. The van der Waals surface area contributed by atoms with E-state index in [0.717, 1.165) is 5.56 Å². The maximum Gasteiger partial charge on any atom is 0.174 e. The summed E-state index contributed by atoms with van der Waals surface area (Å²) >= 11 is 0. The van der Waals surface area contributed by atoms with Gasteiger partial charge in [-0.2, -0.15) is 0 Å². The number of carbonyl (C=O) groups excluding carboxylic acids is 1. The van der Waals surface area contributed by atoms with Crippen molar-refractivity contribution in [2.24, 2.45) is 5.73 Å². The molecule has 122 valence electrons. The number of carbonyl (C=O) groups is 1. The Morgan fingerprint density at radius 1 is 1.09 bits per heavy atom. The van der Waals surface area contributed by atoms with Crippen molar-refractivity contribution in [2.75, 3.05) is 20.8 Å². The lowest BCUT2D eigenvalue weighted by atomic mass is 9.86. The first-order valence-corrected chi connectivity index (χ1v) is 7.27.